The number of hydrogen-bond acceptors (Lipinski definition) is 4. The van der Waals surface area contributed by atoms with Crippen LogP contribution in [0.25, 0.3) is 0 Å². The molecule has 0 aliphatic heterocycles. The van der Waals surface area contributed by atoms with Crippen LogP contribution in [0.2, 0.25) is 0 Å². The number of carboxylic acids is 1. The maximum absolute atomic E-state index is 12.6. The van der Waals surface area contributed by atoms with Gasteiger partial charge < -0.3 is 14.6 Å². The van der Waals surface area contributed by atoms with Crippen molar-refractivity contribution in [3.63, 3.8) is 0 Å². The number of carbonyl (C=O) groups excluding carboxylic acids is 1. The second-order valence-corrected chi connectivity index (χ2v) is 5.24. The summed E-state index contributed by atoms with van der Waals surface area (Å²) in [5.74, 6) is -2.70. The predicted octanol–water partition coefficient (Wildman–Crippen LogP) is 2.19. The number of Topliss-reactive ketones (excluding diaryl/α,β-unsaturated/α-hetero) is 1. The van der Waals surface area contributed by atoms with E-state index < -0.39 is 11.9 Å². The Hall–Kier alpha value is -1.72. The van der Waals surface area contributed by atoms with E-state index in [1.807, 2.05) is 30.3 Å². The van der Waals surface area contributed by atoms with Crippen LogP contribution in [0.1, 0.15) is 18.4 Å². The Balaban J connectivity index is 2.81. The number of aliphatic carboxylic acids is 1. The van der Waals surface area contributed by atoms with Crippen LogP contribution in [0.5, 0.6) is 0 Å². The van der Waals surface area contributed by atoms with Crippen LogP contribution in [0, 0.1) is 11.8 Å². The van der Waals surface area contributed by atoms with Gasteiger partial charge in [0.05, 0.1) is 0 Å². The zero-order chi connectivity index (χ0) is 16.4. The van der Waals surface area contributed by atoms with Gasteiger partial charge in [-0.2, -0.15) is 0 Å². The van der Waals surface area contributed by atoms with Crippen molar-refractivity contribution in [2.75, 3.05) is 27.4 Å². The second-order valence-electron chi connectivity index (χ2n) is 5.24. The Labute approximate surface area is 131 Å². The fourth-order valence-electron chi connectivity index (χ4n) is 2.39. The van der Waals surface area contributed by atoms with Crippen LogP contribution < -0.4 is 0 Å². The van der Waals surface area contributed by atoms with Gasteiger partial charge in [0, 0.05) is 33.4 Å². The first-order valence-electron chi connectivity index (χ1n) is 7.38. The van der Waals surface area contributed by atoms with E-state index >= 15 is 0 Å². The Morgan fingerprint density at radius 3 is 2.05 bits per heavy atom. The number of hydrogen-bond donors (Lipinski definition) is 1. The largest absolute Gasteiger partial charge is 0.481 e. The molecule has 1 atom stereocenters. The zero-order valence-electron chi connectivity index (χ0n) is 13.2. The molecule has 0 amide bonds. The van der Waals surface area contributed by atoms with E-state index in [0.29, 0.717) is 26.1 Å². The molecule has 0 aliphatic carbocycles. The summed E-state index contributed by atoms with van der Waals surface area (Å²) in [5.41, 5.74) is 0.848. The molecule has 5 heteroatoms. The first-order valence-corrected chi connectivity index (χ1v) is 7.38. The molecule has 0 fully saturated rings. The summed E-state index contributed by atoms with van der Waals surface area (Å²) in [6.45, 7) is 0.857. The molecule has 0 spiro atoms. The molecule has 0 heterocycles. The molecule has 0 saturated heterocycles. The molecule has 0 radical (unpaired) electrons. The van der Waals surface area contributed by atoms with Crippen LogP contribution in [0.3, 0.4) is 0 Å². The Kier molecular flexibility index (Phi) is 8.40. The van der Waals surface area contributed by atoms with Crippen molar-refractivity contribution in [2.45, 2.75) is 19.3 Å². The number of rotatable bonds is 11. The third kappa shape index (κ3) is 5.95. The lowest BCUT2D eigenvalue weighted by atomic mass is 9.85. The van der Waals surface area contributed by atoms with Crippen molar-refractivity contribution >= 4 is 11.8 Å². The zero-order valence-corrected chi connectivity index (χ0v) is 13.2. The maximum Gasteiger partial charge on any atom is 0.314 e. The molecule has 0 bridgehead atoms. The maximum atomic E-state index is 12.6. The number of ketones is 1. The molecule has 22 heavy (non-hydrogen) atoms. The standard InChI is InChI=1S/C17H24O5/c1-21-10-8-14(9-11-22-2)16(18)15(17(19)20)12-13-6-4-3-5-7-13/h3-7,14-15H,8-12H2,1-2H3,(H,19,20). The van der Waals surface area contributed by atoms with E-state index in [1.165, 1.54) is 0 Å². The van der Waals surface area contributed by atoms with Gasteiger partial charge in [0.25, 0.3) is 0 Å². The topological polar surface area (TPSA) is 72.8 Å². The van der Waals surface area contributed by atoms with E-state index in [1.54, 1.807) is 14.2 Å². The first-order chi connectivity index (χ1) is 10.6. The monoisotopic (exact) mass is 308 g/mol. The fourth-order valence-corrected chi connectivity index (χ4v) is 2.39. The molecule has 122 valence electrons. The van der Waals surface area contributed by atoms with Gasteiger partial charge in [0.15, 0.2) is 5.78 Å². The van der Waals surface area contributed by atoms with Crippen molar-refractivity contribution < 1.29 is 24.2 Å². The minimum absolute atomic E-state index is 0.214. The quantitative estimate of drug-likeness (QED) is 0.634. The minimum atomic E-state index is -1.08. The fraction of sp³-hybridized carbons (Fsp3) is 0.529. The average Bonchev–Trinajstić information content (AvgIpc) is 2.53. The molecule has 0 saturated carbocycles. The molecule has 5 nitrogen and oxygen atoms in total. The predicted molar refractivity (Wildman–Crippen MR) is 82.8 cm³/mol. The SMILES string of the molecule is COCCC(CCOC)C(=O)C(Cc1ccccc1)C(=O)O. The van der Waals surface area contributed by atoms with Crippen molar-refractivity contribution in [1.29, 1.82) is 0 Å². The lowest BCUT2D eigenvalue weighted by molar-refractivity contribution is -0.148. The summed E-state index contributed by atoms with van der Waals surface area (Å²) in [7, 11) is 3.13. The van der Waals surface area contributed by atoms with Gasteiger partial charge in [0.1, 0.15) is 5.92 Å². The second kappa shape index (κ2) is 10.1. The highest BCUT2D eigenvalue weighted by Crippen LogP contribution is 2.20. The summed E-state index contributed by atoms with van der Waals surface area (Å²) in [4.78, 5) is 24.1. The summed E-state index contributed by atoms with van der Waals surface area (Å²) < 4.78 is 10.0. The first kappa shape index (κ1) is 18.3. The molecule has 1 aromatic rings. The summed E-state index contributed by atoms with van der Waals surface area (Å²) >= 11 is 0. The van der Waals surface area contributed by atoms with Crippen LogP contribution in [-0.2, 0) is 25.5 Å². The van der Waals surface area contributed by atoms with Crippen molar-refractivity contribution in [1.82, 2.24) is 0 Å². The Morgan fingerprint density at radius 2 is 1.59 bits per heavy atom. The molecule has 0 aromatic heterocycles. The number of ether oxygens (including phenoxy) is 2. The van der Waals surface area contributed by atoms with Crippen LogP contribution in [-0.4, -0.2) is 44.3 Å². The van der Waals surface area contributed by atoms with Gasteiger partial charge in [-0.1, -0.05) is 30.3 Å². The molecular formula is C17H24O5. The summed E-state index contributed by atoms with van der Waals surface area (Å²) in [5, 5.41) is 9.42. The lowest BCUT2D eigenvalue weighted by Gasteiger charge is -2.20. The van der Waals surface area contributed by atoms with Gasteiger partial charge in [-0.25, -0.2) is 0 Å². The van der Waals surface area contributed by atoms with Crippen molar-refractivity contribution in [2.24, 2.45) is 11.8 Å². The molecule has 0 aliphatic rings. The highest BCUT2D eigenvalue weighted by atomic mass is 16.5. The van der Waals surface area contributed by atoms with Gasteiger partial charge in [0.2, 0.25) is 0 Å². The van der Waals surface area contributed by atoms with Gasteiger partial charge in [-0.3, -0.25) is 9.59 Å². The molecular weight excluding hydrogens is 284 g/mol. The molecule has 1 N–H and O–H groups in total. The number of methoxy groups -OCH3 is 2. The third-order valence-corrected chi connectivity index (χ3v) is 3.67. The summed E-state index contributed by atoms with van der Waals surface area (Å²) in [6.07, 6.45) is 1.24. The summed E-state index contributed by atoms with van der Waals surface area (Å²) in [6, 6.07) is 9.21. The molecule has 1 aromatic carbocycles. The van der Waals surface area contributed by atoms with Crippen molar-refractivity contribution in [3.8, 4) is 0 Å². The van der Waals surface area contributed by atoms with Crippen LogP contribution >= 0.6 is 0 Å². The number of benzene rings is 1. The van der Waals surface area contributed by atoms with Crippen molar-refractivity contribution in [3.05, 3.63) is 35.9 Å². The molecule has 1 rings (SSSR count). The lowest BCUT2D eigenvalue weighted by Crippen LogP contribution is -2.32. The van der Waals surface area contributed by atoms with Gasteiger partial charge in [-0.15, -0.1) is 0 Å². The van der Waals surface area contributed by atoms with E-state index in [-0.39, 0.29) is 18.1 Å². The van der Waals surface area contributed by atoms with Gasteiger partial charge in [-0.05, 0) is 24.8 Å². The highest BCUT2D eigenvalue weighted by Gasteiger charge is 2.32. The van der Waals surface area contributed by atoms with E-state index in [2.05, 4.69) is 0 Å². The van der Waals surface area contributed by atoms with Crippen LogP contribution in [0.4, 0.5) is 0 Å². The van der Waals surface area contributed by atoms with E-state index in [0.717, 1.165) is 5.56 Å². The average molecular weight is 308 g/mol. The minimum Gasteiger partial charge on any atom is -0.481 e. The van der Waals surface area contributed by atoms with E-state index in [4.69, 9.17) is 9.47 Å². The Bertz CT molecular complexity index is 449. The Morgan fingerprint density at radius 1 is 1.05 bits per heavy atom. The van der Waals surface area contributed by atoms with Gasteiger partial charge >= 0.3 is 5.97 Å². The number of carboxylic acid groups (broad SMARTS) is 1. The normalized spacial score (nSPS) is 12.3. The highest BCUT2D eigenvalue weighted by molar-refractivity contribution is 5.99. The smallest absolute Gasteiger partial charge is 0.314 e. The van der Waals surface area contributed by atoms with Crippen LogP contribution in [0.15, 0.2) is 30.3 Å². The molecule has 1 unspecified atom stereocenters. The van der Waals surface area contributed by atoms with E-state index in [9.17, 15) is 14.7 Å². The third-order valence-electron chi connectivity index (χ3n) is 3.67. The number of carbonyl (C=O) groups is 2.